The first kappa shape index (κ1) is 16.5. The smallest absolute Gasteiger partial charge is 0.0487 e. The molecule has 0 spiro atoms. The molecule has 1 aliphatic carbocycles. The van der Waals surface area contributed by atoms with Gasteiger partial charge < -0.3 is 0 Å². The van der Waals surface area contributed by atoms with E-state index in [4.69, 9.17) is 0 Å². The molecule has 0 atom stereocenters. The van der Waals surface area contributed by atoms with Crippen LogP contribution in [0.25, 0.3) is 16.3 Å². The molecule has 1 fully saturated rings. The van der Waals surface area contributed by atoms with Crippen molar-refractivity contribution in [3.63, 3.8) is 0 Å². The van der Waals surface area contributed by atoms with Crippen LogP contribution in [-0.4, -0.2) is 8.07 Å². The lowest BCUT2D eigenvalue weighted by Gasteiger charge is -2.24. The Hall–Kier alpha value is -1.34. The number of allylic oxidation sites excluding steroid dienone is 2. The Balaban J connectivity index is 2.04. The van der Waals surface area contributed by atoms with E-state index in [0.29, 0.717) is 0 Å². The van der Waals surface area contributed by atoms with Crippen LogP contribution >= 0.6 is 0 Å². The Kier molecular flexibility index (Phi) is 5.06. The predicted octanol–water partition coefficient (Wildman–Crippen LogP) is 7.14. The molecule has 1 saturated carbocycles. The summed E-state index contributed by atoms with van der Waals surface area (Å²) < 4.78 is 0. The van der Waals surface area contributed by atoms with Gasteiger partial charge in [0.2, 0.25) is 0 Å². The third kappa shape index (κ3) is 4.35. The molecule has 2 aromatic rings. The molecule has 0 aliphatic heterocycles. The van der Waals surface area contributed by atoms with Gasteiger partial charge in [0.15, 0.2) is 0 Å². The summed E-state index contributed by atoms with van der Waals surface area (Å²) in [6, 6.07) is 17.0. The lowest BCUT2D eigenvalue weighted by atomic mass is 9.86. The van der Waals surface area contributed by atoms with Gasteiger partial charge in [0.25, 0.3) is 0 Å². The Bertz CT molecular complexity index is 679. The van der Waals surface area contributed by atoms with E-state index >= 15 is 0 Å². The van der Waals surface area contributed by atoms with Crippen molar-refractivity contribution in [2.45, 2.75) is 57.8 Å². The molecule has 1 heteroatoms. The zero-order valence-corrected chi connectivity index (χ0v) is 15.9. The van der Waals surface area contributed by atoms with Crippen LogP contribution in [0.4, 0.5) is 0 Å². The standard InChI is InChI=1S/C22H30Si/c1-23(2,3)17-20(16-18-10-5-4-6-11-18)22-15-9-13-19-12-7-8-14-21(19)22/h7-9,12-16,18H,4-6,10-11,17H2,1-3H3/b20-16+. The van der Waals surface area contributed by atoms with E-state index in [1.807, 2.05) is 0 Å². The van der Waals surface area contributed by atoms with Crippen molar-refractivity contribution >= 4 is 24.4 Å². The summed E-state index contributed by atoms with van der Waals surface area (Å²) in [7, 11) is -1.14. The Labute approximate surface area is 142 Å². The molecular formula is C22H30Si. The Morgan fingerprint density at radius 3 is 2.39 bits per heavy atom. The van der Waals surface area contributed by atoms with Gasteiger partial charge in [-0.3, -0.25) is 0 Å². The molecule has 0 N–H and O–H groups in total. The fraction of sp³-hybridized carbons (Fsp3) is 0.455. The minimum absolute atomic E-state index is 0.800. The molecule has 122 valence electrons. The van der Waals surface area contributed by atoms with E-state index in [1.54, 1.807) is 5.57 Å². The maximum atomic E-state index is 2.65. The molecule has 0 amide bonds. The Morgan fingerprint density at radius 2 is 1.65 bits per heavy atom. The van der Waals surface area contributed by atoms with Crippen molar-refractivity contribution in [1.29, 1.82) is 0 Å². The van der Waals surface area contributed by atoms with E-state index in [-0.39, 0.29) is 0 Å². The first-order valence-corrected chi connectivity index (χ1v) is 12.9. The molecule has 0 unspecified atom stereocenters. The largest absolute Gasteiger partial charge is 0.0779 e. The maximum Gasteiger partial charge on any atom is 0.0487 e. The molecule has 0 radical (unpaired) electrons. The third-order valence-corrected chi connectivity index (χ3v) is 6.38. The molecule has 0 aromatic heterocycles. The molecule has 0 bridgehead atoms. The molecule has 0 nitrogen and oxygen atoms in total. The van der Waals surface area contributed by atoms with Crippen molar-refractivity contribution < 1.29 is 0 Å². The molecule has 0 saturated heterocycles. The highest BCUT2D eigenvalue weighted by molar-refractivity contribution is 6.77. The van der Waals surface area contributed by atoms with Crippen LogP contribution in [0.1, 0.15) is 37.7 Å². The summed E-state index contributed by atoms with van der Waals surface area (Å²) in [5.41, 5.74) is 3.10. The van der Waals surface area contributed by atoms with Crippen LogP contribution in [0.15, 0.2) is 48.5 Å². The summed E-state index contributed by atoms with van der Waals surface area (Å²) in [6.45, 7) is 7.48. The van der Waals surface area contributed by atoms with Gasteiger partial charge in [0, 0.05) is 8.07 Å². The SMILES string of the molecule is C[Si](C)(C)C/C(=C\C1CCCCC1)c1cccc2ccccc12. The highest BCUT2D eigenvalue weighted by Gasteiger charge is 2.20. The molecule has 1 aliphatic rings. The average molecular weight is 323 g/mol. The van der Waals surface area contributed by atoms with Gasteiger partial charge in [-0.15, -0.1) is 0 Å². The number of hydrogen-bond donors (Lipinski definition) is 0. The number of benzene rings is 2. The third-order valence-electron chi connectivity index (χ3n) is 4.94. The number of rotatable bonds is 4. The molecule has 0 heterocycles. The van der Waals surface area contributed by atoms with E-state index in [2.05, 4.69) is 68.2 Å². The minimum Gasteiger partial charge on any atom is -0.0779 e. The molecule has 3 rings (SSSR count). The van der Waals surface area contributed by atoms with Crippen molar-refractivity contribution in [3.05, 3.63) is 54.1 Å². The van der Waals surface area contributed by atoms with E-state index in [1.165, 1.54) is 54.5 Å². The van der Waals surface area contributed by atoms with Crippen LogP contribution in [0, 0.1) is 5.92 Å². The first-order chi connectivity index (χ1) is 11.0. The molecule has 2 aromatic carbocycles. The second kappa shape index (κ2) is 7.05. The van der Waals surface area contributed by atoms with Gasteiger partial charge in [-0.1, -0.05) is 87.4 Å². The predicted molar refractivity (Wildman–Crippen MR) is 107 cm³/mol. The van der Waals surface area contributed by atoms with Crippen molar-refractivity contribution in [1.82, 2.24) is 0 Å². The quantitative estimate of drug-likeness (QED) is 0.525. The van der Waals surface area contributed by atoms with E-state index in [9.17, 15) is 0 Å². The van der Waals surface area contributed by atoms with Crippen LogP contribution in [0.5, 0.6) is 0 Å². The monoisotopic (exact) mass is 322 g/mol. The highest BCUT2D eigenvalue weighted by Crippen LogP contribution is 2.35. The summed E-state index contributed by atoms with van der Waals surface area (Å²) in [4.78, 5) is 0. The van der Waals surface area contributed by atoms with Crippen LogP contribution < -0.4 is 0 Å². The number of hydrogen-bond acceptors (Lipinski definition) is 0. The Morgan fingerprint density at radius 1 is 0.957 bits per heavy atom. The summed E-state index contributed by atoms with van der Waals surface area (Å²) in [6.07, 6.45) is 9.69. The average Bonchev–Trinajstić information content (AvgIpc) is 2.53. The normalized spacial score (nSPS) is 17.6. The summed E-state index contributed by atoms with van der Waals surface area (Å²) in [5, 5.41) is 2.80. The highest BCUT2D eigenvalue weighted by atomic mass is 28.3. The minimum atomic E-state index is -1.14. The zero-order valence-electron chi connectivity index (χ0n) is 14.9. The van der Waals surface area contributed by atoms with Gasteiger partial charge in [-0.05, 0) is 46.7 Å². The van der Waals surface area contributed by atoms with Gasteiger partial charge in [0.05, 0.1) is 0 Å². The summed E-state index contributed by atoms with van der Waals surface area (Å²) >= 11 is 0. The topological polar surface area (TPSA) is 0 Å². The fourth-order valence-corrected chi connectivity index (χ4v) is 5.36. The molecular weight excluding hydrogens is 292 g/mol. The van der Waals surface area contributed by atoms with E-state index in [0.717, 1.165) is 5.92 Å². The summed E-state index contributed by atoms with van der Waals surface area (Å²) in [5.74, 6) is 0.800. The van der Waals surface area contributed by atoms with Crippen LogP contribution in [0.2, 0.25) is 25.7 Å². The second-order valence-corrected chi connectivity index (χ2v) is 13.8. The van der Waals surface area contributed by atoms with Gasteiger partial charge >= 0.3 is 0 Å². The van der Waals surface area contributed by atoms with Gasteiger partial charge in [-0.2, -0.15) is 0 Å². The zero-order chi connectivity index (χ0) is 16.3. The maximum absolute atomic E-state index is 2.65. The first-order valence-electron chi connectivity index (χ1n) is 9.22. The van der Waals surface area contributed by atoms with Crippen LogP contribution in [-0.2, 0) is 0 Å². The lowest BCUT2D eigenvalue weighted by Crippen LogP contribution is -2.20. The van der Waals surface area contributed by atoms with Gasteiger partial charge in [-0.25, -0.2) is 0 Å². The number of fused-ring (bicyclic) bond motifs is 1. The fourth-order valence-electron chi connectivity index (χ4n) is 3.91. The van der Waals surface area contributed by atoms with Gasteiger partial charge in [0.1, 0.15) is 0 Å². The van der Waals surface area contributed by atoms with Crippen molar-refractivity contribution in [2.24, 2.45) is 5.92 Å². The van der Waals surface area contributed by atoms with E-state index < -0.39 is 8.07 Å². The second-order valence-electron chi connectivity index (χ2n) is 8.35. The lowest BCUT2D eigenvalue weighted by molar-refractivity contribution is 0.420. The van der Waals surface area contributed by atoms with Crippen LogP contribution in [0.3, 0.4) is 0 Å². The molecule has 23 heavy (non-hydrogen) atoms. The van der Waals surface area contributed by atoms with Crippen molar-refractivity contribution in [3.8, 4) is 0 Å². The van der Waals surface area contributed by atoms with Crippen molar-refractivity contribution in [2.75, 3.05) is 0 Å².